The predicted molar refractivity (Wildman–Crippen MR) is 128 cm³/mol. The molecule has 0 aromatic carbocycles. The second-order valence-corrected chi connectivity index (χ2v) is 8.68. The average Bonchev–Trinajstić information content (AvgIpc) is 3.36. The normalized spacial score (nSPS) is 24.6. The lowest BCUT2D eigenvalue weighted by atomic mass is 9.79. The van der Waals surface area contributed by atoms with Crippen LogP contribution >= 0.6 is 24.0 Å². The van der Waals surface area contributed by atoms with Gasteiger partial charge in [-0.1, -0.05) is 6.07 Å². The Hall–Kier alpha value is -1.58. The third-order valence-electron chi connectivity index (χ3n) is 6.29. The highest BCUT2D eigenvalue weighted by Crippen LogP contribution is 2.36. The molecule has 1 amide bonds. The van der Waals surface area contributed by atoms with E-state index in [1.165, 1.54) is 12.8 Å². The Morgan fingerprint density at radius 3 is 2.87 bits per heavy atom. The van der Waals surface area contributed by atoms with Crippen molar-refractivity contribution in [3.63, 3.8) is 0 Å². The lowest BCUT2D eigenvalue weighted by Gasteiger charge is -2.40. The van der Waals surface area contributed by atoms with Crippen molar-refractivity contribution in [1.82, 2.24) is 20.5 Å². The number of nitrogens with zero attached hydrogens (tertiary/aromatic N) is 3. The van der Waals surface area contributed by atoms with Gasteiger partial charge in [-0.3, -0.25) is 4.79 Å². The summed E-state index contributed by atoms with van der Waals surface area (Å²) in [6.45, 7) is 6.14. The largest absolute Gasteiger partial charge is 0.474 e. The van der Waals surface area contributed by atoms with E-state index in [4.69, 9.17) is 9.73 Å². The summed E-state index contributed by atoms with van der Waals surface area (Å²) in [6.07, 6.45) is 9.82. The fraction of sp³-hybridized carbons (Fsp3) is 0.682. The van der Waals surface area contributed by atoms with Gasteiger partial charge in [-0.2, -0.15) is 0 Å². The Labute approximate surface area is 196 Å². The van der Waals surface area contributed by atoms with Crippen molar-refractivity contribution >= 4 is 35.8 Å². The van der Waals surface area contributed by atoms with Crippen molar-refractivity contribution in [2.75, 3.05) is 26.2 Å². The summed E-state index contributed by atoms with van der Waals surface area (Å²) in [5, 5.41) is 6.44. The first-order chi connectivity index (χ1) is 14.2. The molecule has 1 atom stereocenters. The first kappa shape index (κ1) is 23.1. The molecule has 0 bridgehead atoms. The van der Waals surface area contributed by atoms with E-state index in [0.29, 0.717) is 24.9 Å². The summed E-state index contributed by atoms with van der Waals surface area (Å²) in [6, 6.07) is 4.02. The fourth-order valence-electron chi connectivity index (χ4n) is 4.77. The number of nitrogens with one attached hydrogen (secondary N) is 2. The van der Waals surface area contributed by atoms with Gasteiger partial charge in [-0.05, 0) is 51.0 Å². The number of halogens is 1. The molecule has 1 aromatic rings. The van der Waals surface area contributed by atoms with Crippen LogP contribution in [0.5, 0.6) is 5.88 Å². The Bertz CT molecular complexity index is 736. The number of ether oxygens (including phenoxy) is 1. The number of carbonyl (C=O) groups is 1. The summed E-state index contributed by atoms with van der Waals surface area (Å²) < 4.78 is 5.95. The first-order valence-corrected chi connectivity index (χ1v) is 11.1. The summed E-state index contributed by atoms with van der Waals surface area (Å²) in [4.78, 5) is 23.4. The molecule has 7 nitrogen and oxygen atoms in total. The van der Waals surface area contributed by atoms with Crippen molar-refractivity contribution in [2.45, 2.75) is 64.5 Å². The summed E-state index contributed by atoms with van der Waals surface area (Å²) in [5.41, 5.74) is 1.13. The maximum absolute atomic E-state index is 11.8. The molecule has 3 heterocycles. The van der Waals surface area contributed by atoms with E-state index in [1.54, 1.807) is 0 Å². The van der Waals surface area contributed by atoms with Crippen LogP contribution in [-0.4, -0.2) is 54.0 Å². The van der Waals surface area contributed by atoms with Crippen LogP contribution in [0.25, 0.3) is 0 Å². The van der Waals surface area contributed by atoms with E-state index in [1.807, 2.05) is 12.3 Å². The number of aromatic nitrogens is 1. The van der Waals surface area contributed by atoms with Gasteiger partial charge in [0.2, 0.25) is 11.8 Å². The topological polar surface area (TPSA) is 78.9 Å². The lowest BCUT2D eigenvalue weighted by molar-refractivity contribution is -0.119. The number of hydrogen-bond donors (Lipinski definition) is 2. The summed E-state index contributed by atoms with van der Waals surface area (Å²) in [5.74, 6) is 1.82. The van der Waals surface area contributed by atoms with Crippen LogP contribution in [0.3, 0.4) is 0 Å². The fourth-order valence-corrected chi connectivity index (χ4v) is 4.77. The SMILES string of the molecule is CCNC(=NCc1ccc(OC2CCCC2)nc1)N1CCCC2(CNC(=O)C2)C1.I. The Morgan fingerprint density at radius 2 is 2.20 bits per heavy atom. The molecule has 8 heteroatoms. The molecule has 1 saturated carbocycles. The van der Waals surface area contributed by atoms with Crippen molar-refractivity contribution < 1.29 is 9.53 Å². The van der Waals surface area contributed by atoms with E-state index < -0.39 is 0 Å². The zero-order chi connectivity index (χ0) is 20.1. The van der Waals surface area contributed by atoms with Gasteiger partial charge in [0.05, 0.1) is 6.54 Å². The van der Waals surface area contributed by atoms with Gasteiger partial charge in [-0.25, -0.2) is 9.98 Å². The zero-order valence-electron chi connectivity index (χ0n) is 17.9. The molecule has 3 aliphatic rings. The second kappa shape index (κ2) is 10.6. The maximum Gasteiger partial charge on any atom is 0.220 e. The highest BCUT2D eigenvalue weighted by molar-refractivity contribution is 14.0. The van der Waals surface area contributed by atoms with Crippen LogP contribution in [0.15, 0.2) is 23.3 Å². The molecule has 1 aromatic heterocycles. The van der Waals surface area contributed by atoms with Crippen molar-refractivity contribution in [3.05, 3.63) is 23.9 Å². The van der Waals surface area contributed by atoms with Gasteiger partial charge in [0, 0.05) is 50.3 Å². The molecule has 2 saturated heterocycles. The molecule has 0 radical (unpaired) electrons. The Balaban J connectivity index is 0.00000256. The predicted octanol–water partition coefficient (Wildman–Crippen LogP) is 3.09. The van der Waals surface area contributed by atoms with Crippen LogP contribution in [0.2, 0.25) is 0 Å². The van der Waals surface area contributed by atoms with E-state index in [-0.39, 0.29) is 35.3 Å². The Kier molecular flexibility index (Phi) is 8.19. The molecule has 2 aliphatic heterocycles. The van der Waals surface area contributed by atoms with Gasteiger partial charge < -0.3 is 20.3 Å². The molecule has 2 N–H and O–H groups in total. The van der Waals surface area contributed by atoms with Crippen LogP contribution in [0.1, 0.15) is 57.4 Å². The molecule has 166 valence electrons. The summed E-state index contributed by atoms with van der Waals surface area (Å²) in [7, 11) is 0. The standard InChI is InChI=1S/C22H33N5O2.HI/c1-2-23-21(27-11-5-10-22(16-27)12-19(28)26-15-22)25-14-17-8-9-20(24-13-17)29-18-6-3-4-7-18;/h8-9,13,18H,2-7,10-12,14-16H2,1H3,(H,23,25)(H,26,28);1H. The van der Waals surface area contributed by atoms with E-state index in [9.17, 15) is 4.79 Å². The number of aliphatic imine (C=N–C) groups is 1. The van der Waals surface area contributed by atoms with Gasteiger partial charge in [0.25, 0.3) is 0 Å². The zero-order valence-corrected chi connectivity index (χ0v) is 20.2. The average molecular weight is 527 g/mol. The quantitative estimate of drug-likeness (QED) is 0.350. The highest BCUT2D eigenvalue weighted by Gasteiger charge is 2.42. The smallest absolute Gasteiger partial charge is 0.220 e. The van der Waals surface area contributed by atoms with Gasteiger partial charge in [0.1, 0.15) is 6.10 Å². The van der Waals surface area contributed by atoms with Crippen LogP contribution in [0.4, 0.5) is 0 Å². The van der Waals surface area contributed by atoms with Crippen LogP contribution in [-0.2, 0) is 11.3 Å². The van der Waals surface area contributed by atoms with Gasteiger partial charge in [-0.15, -0.1) is 24.0 Å². The number of piperidine rings is 1. The molecule has 3 fully saturated rings. The molecule has 1 aliphatic carbocycles. The third kappa shape index (κ3) is 5.76. The number of rotatable bonds is 5. The number of amides is 1. The number of likely N-dealkylation sites (tertiary alicyclic amines) is 1. The first-order valence-electron chi connectivity index (χ1n) is 11.1. The molecule has 1 spiro atoms. The minimum Gasteiger partial charge on any atom is -0.474 e. The van der Waals surface area contributed by atoms with E-state index in [2.05, 4.69) is 33.5 Å². The van der Waals surface area contributed by atoms with Crippen LogP contribution in [0, 0.1) is 5.41 Å². The number of guanidine groups is 1. The minimum atomic E-state index is 0. The van der Waals surface area contributed by atoms with E-state index >= 15 is 0 Å². The van der Waals surface area contributed by atoms with E-state index in [0.717, 1.165) is 63.4 Å². The number of carbonyl (C=O) groups excluding carboxylic acids is 1. The summed E-state index contributed by atoms with van der Waals surface area (Å²) >= 11 is 0. The molecule has 30 heavy (non-hydrogen) atoms. The highest BCUT2D eigenvalue weighted by atomic mass is 127. The monoisotopic (exact) mass is 527 g/mol. The van der Waals surface area contributed by atoms with Crippen molar-refractivity contribution in [3.8, 4) is 5.88 Å². The lowest BCUT2D eigenvalue weighted by Crippen LogP contribution is -2.51. The van der Waals surface area contributed by atoms with Crippen LogP contribution < -0.4 is 15.4 Å². The van der Waals surface area contributed by atoms with Crippen molar-refractivity contribution in [2.24, 2.45) is 10.4 Å². The Morgan fingerprint density at radius 1 is 1.37 bits per heavy atom. The minimum absolute atomic E-state index is 0. The number of pyridine rings is 1. The maximum atomic E-state index is 11.8. The van der Waals surface area contributed by atoms with Crippen molar-refractivity contribution in [1.29, 1.82) is 0 Å². The molecular formula is C22H34IN5O2. The molecule has 1 unspecified atom stereocenters. The molecular weight excluding hydrogens is 493 g/mol. The van der Waals surface area contributed by atoms with Gasteiger partial charge >= 0.3 is 0 Å². The molecule has 4 rings (SSSR count). The second-order valence-electron chi connectivity index (χ2n) is 8.68. The third-order valence-corrected chi connectivity index (χ3v) is 6.29. The van der Waals surface area contributed by atoms with Gasteiger partial charge in [0.15, 0.2) is 5.96 Å². The number of hydrogen-bond acceptors (Lipinski definition) is 4.